The third-order valence-electron chi connectivity index (χ3n) is 1.81. The van der Waals surface area contributed by atoms with Crippen molar-refractivity contribution in [2.75, 3.05) is 13.2 Å². The van der Waals surface area contributed by atoms with Crippen LogP contribution in [0, 0.1) is 0 Å². The van der Waals surface area contributed by atoms with Crippen LogP contribution in [0.4, 0.5) is 4.79 Å². The summed E-state index contributed by atoms with van der Waals surface area (Å²) in [5.41, 5.74) is 0.546. The molecule has 6 nitrogen and oxygen atoms in total. The molecule has 0 fully saturated rings. The number of carbonyl (C=O) groups excluding carboxylic acids is 1. The second-order valence-corrected chi connectivity index (χ2v) is 4.05. The molecule has 94 valence electrons. The van der Waals surface area contributed by atoms with E-state index >= 15 is 0 Å². The van der Waals surface area contributed by atoms with Crippen LogP contribution in [0.2, 0.25) is 0 Å². The van der Waals surface area contributed by atoms with Gasteiger partial charge in [0.05, 0.1) is 16.9 Å². The van der Waals surface area contributed by atoms with Crippen LogP contribution in [0.25, 0.3) is 0 Å². The van der Waals surface area contributed by atoms with E-state index in [-0.39, 0.29) is 6.03 Å². The van der Waals surface area contributed by atoms with Crippen LogP contribution in [0.15, 0.2) is 15.8 Å². The maximum Gasteiger partial charge on any atom is 0.342 e. The summed E-state index contributed by atoms with van der Waals surface area (Å²) in [5.74, 6) is 0. The minimum Gasteiger partial charge on any atom is -0.396 e. The predicted octanol–water partition coefficient (Wildman–Crippen LogP) is 1.98. The fourth-order valence-electron chi connectivity index (χ4n) is 1.03. The van der Waals surface area contributed by atoms with Gasteiger partial charge >= 0.3 is 6.03 Å². The van der Waals surface area contributed by atoms with Crippen molar-refractivity contribution < 1.29 is 9.63 Å². The van der Waals surface area contributed by atoms with Gasteiger partial charge in [-0.1, -0.05) is 12.1 Å². The summed E-state index contributed by atoms with van der Waals surface area (Å²) in [5, 5.41) is 10.5. The second-order valence-electron chi connectivity index (χ2n) is 3.19. The molecule has 17 heavy (non-hydrogen) atoms. The fraction of sp³-hybridized carbons (Fsp3) is 0.500. The zero-order chi connectivity index (χ0) is 12.7. The SMILES string of the molecule is CCCNC(=O)n1cc(Br)c(/C=N\OCC)n1. The molecule has 0 saturated heterocycles. The number of nitrogens with one attached hydrogen (secondary N) is 1. The Kier molecular flexibility index (Phi) is 5.68. The molecule has 0 spiro atoms. The Bertz CT molecular complexity index is 403. The van der Waals surface area contributed by atoms with E-state index in [9.17, 15) is 4.79 Å². The van der Waals surface area contributed by atoms with Gasteiger partial charge in [-0.15, -0.1) is 0 Å². The maximum atomic E-state index is 11.6. The van der Waals surface area contributed by atoms with Gasteiger partial charge in [-0.3, -0.25) is 0 Å². The predicted molar refractivity (Wildman–Crippen MR) is 68.2 cm³/mol. The first-order valence-electron chi connectivity index (χ1n) is 5.37. The smallest absolute Gasteiger partial charge is 0.342 e. The molecule has 0 aliphatic rings. The van der Waals surface area contributed by atoms with E-state index in [2.05, 4.69) is 31.5 Å². The van der Waals surface area contributed by atoms with Gasteiger partial charge in [-0.25, -0.2) is 4.79 Å². The van der Waals surface area contributed by atoms with Gasteiger partial charge < -0.3 is 10.2 Å². The molecule has 1 aromatic rings. The van der Waals surface area contributed by atoms with Crippen molar-refractivity contribution >= 4 is 28.2 Å². The van der Waals surface area contributed by atoms with Crippen LogP contribution in [0.1, 0.15) is 26.0 Å². The van der Waals surface area contributed by atoms with E-state index in [0.717, 1.165) is 6.42 Å². The van der Waals surface area contributed by atoms with Gasteiger partial charge in [0.2, 0.25) is 0 Å². The molecule has 0 atom stereocenters. The Balaban J connectivity index is 2.70. The summed E-state index contributed by atoms with van der Waals surface area (Å²) in [6, 6.07) is -0.261. The molecule has 0 aliphatic heterocycles. The Morgan fingerprint density at radius 1 is 1.71 bits per heavy atom. The van der Waals surface area contributed by atoms with Crippen molar-refractivity contribution in [1.82, 2.24) is 15.1 Å². The quantitative estimate of drug-likeness (QED) is 0.668. The molecule has 1 heterocycles. The first-order chi connectivity index (χ1) is 8.19. The van der Waals surface area contributed by atoms with E-state index in [4.69, 9.17) is 4.84 Å². The van der Waals surface area contributed by atoms with Gasteiger partial charge in [0.25, 0.3) is 0 Å². The van der Waals surface area contributed by atoms with Crippen LogP contribution < -0.4 is 5.32 Å². The molecule has 0 radical (unpaired) electrons. The van der Waals surface area contributed by atoms with Crippen LogP contribution >= 0.6 is 15.9 Å². The lowest BCUT2D eigenvalue weighted by atomic mass is 10.5. The molecule has 1 N–H and O–H groups in total. The highest BCUT2D eigenvalue weighted by Gasteiger charge is 2.09. The van der Waals surface area contributed by atoms with E-state index in [1.807, 2.05) is 13.8 Å². The molecule has 0 aliphatic carbocycles. The molecular weight excluding hydrogens is 288 g/mol. The first-order valence-corrected chi connectivity index (χ1v) is 6.17. The third-order valence-corrected chi connectivity index (χ3v) is 2.42. The van der Waals surface area contributed by atoms with Crippen LogP contribution in [0.3, 0.4) is 0 Å². The van der Waals surface area contributed by atoms with Crippen LogP contribution in [-0.2, 0) is 4.84 Å². The molecule has 0 unspecified atom stereocenters. The monoisotopic (exact) mass is 302 g/mol. The topological polar surface area (TPSA) is 68.5 Å². The van der Waals surface area contributed by atoms with E-state index in [0.29, 0.717) is 23.3 Å². The summed E-state index contributed by atoms with van der Waals surface area (Å²) >= 11 is 3.30. The molecule has 1 aromatic heterocycles. The molecule has 0 bridgehead atoms. The lowest BCUT2D eigenvalue weighted by molar-refractivity contribution is 0.160. The van der Waals surface area contributed by atoms with Gasteiger partial charge in [-0.05, 0) is 29.3 Å². The zero-order valence-corrected chi connectivity index (χ0v) is 11.4. The minimum absolute atomic E-state index is 0.261. The minimum atomic E-state index is -0.261. The number of hydrogen-bond donors (Lipinski definition) is 1. The van der Waals surface area contributed by atoms with Crippen molar-refractivity contribution in [1.29, 1.82) is 0 Å². The van der Waals surface area contributed by atoms with Crippen molar-refractivity contribution in [3.63, 3.8) is 0 Å². The third kappa shape index (κ3) is 4.18. The highest BCUT2D eigenvalue weighted by Crippen LogP contribution is 2.12. The normalized spacial score (nSPS) is 10.8. The lowest BCUT2D eigenvalue weighted by Gasteiger charge is -2.01. The largest absolute Gasteiger partial charge is 0.396 e. The van der Waals surface area contributed by atoms with Crippen LogP contribution in [0.5, 0.6) is 0 Å². The number of oxime groups is 1. The van der Waals surface area contributed by atoms with Gasteiger partial charge in [0.1, 0.15) is 12.3 Å². The summed E-state index contributed by atoms with van der Waals surface area (Å²) in [4.78, 5) is 16.4. The van der Waals surface area contributed by atoms with Gasteiger partial charge in [0.15, 0.2) is 0 Å². The first kappa shape index (κ1) is 13.7. The summed E-state index contributed by atoms with van der Waals surface area (Å²) in [6.07, 6.45) is 3.92. The fourth-order valence-corrected chi connectivity index (χ4v) is 1.41. The Morgan fingerprint density at radius 2 is 2.47 bits per heavy atom. The molecule has 1 amide bonds. The van der Waals surface area contributed by atoms with E-state index < -0.39 is 0 Å². The molecule has 0 aromatic carbocycles. The molecule has 1 rings (SSSR count). The number of rotatable bonds is 5. The van der Waals surface area contributed by atoms with Crippen molar-refractivity contribution in [3.8, 4) is 0 Å². The molecule has 0 saturated carbocycles. The second kappa shape index (κ2) is 7.05. The summed E-state index contributed by atoms with van der Waals surface area (Å²) in [7, 11) is 0. The van der Waals surface area contributed by atoms with Gasteiger partial charge in [-0.2, -0.15) is 9.78 Å². The zero-order valence-electron chi connectivity index (χ0n) is 9.81. The average Bonchev–Trinajstić information content (AvgIpc) is 2.68. The van der Waals surface area contributed by atoms with E-state index in [1.165, 1.54) is 10.9 Å². The Hall–Kier alpha value is -1.37. The number of halogens is 1. The average molecular weight is 303 g/mol. The standard InChI is InChI=1S/C10H15BrN4O2/c1-3-5-12-10(16)15-7-8(11)9(14-15)6-13-17-4-2/h6-7H,3-5H2,1-2H3,(H,12,16)/b13-6-. The van der Waals surface area contributed by atoms with Crippen molar-refractivity contribution in [2.45, 2.75) is 20.3 Å². The molecule has 7 heteroatoms. The highest BCUT2D eigenvalue weighted by molar-refractivity contribution is 9.10. The number of nitrogens with zero attached hydrogens (tertiary/aromatic N) is 3. The number of aromatic nitrogens is 2. The summed E-state index contributed by atoms with van der Waals surface area (Å²) < 4.78 is 1.92. The van der Waals surface area contributed by atoms with Crippen molar-refractivity contribution in [2.24, 2.45) is 5.16 Å². The number of carbonyl (C=O) groups is 1. The van der Waals surface area contributed by atoms with Crippen molar-refractivity contribution in [3.05, 3.63) is 16.4 Å². The summed E-state index contributed by atoms with van der Waals surface area (Å²) in [6.45, 7) is 4.94. The number of hydrogen-bond acceptors (Lipinski definition) is 4. The Labute approximate surface area is 108 Å². The lowest BCUT2D eigenvalue weighted by Crippen LogP contribution is -2.29. The van der Waals surface area contributed by atoms with E-state index in [1.54, 1.807) is 6.20 Å². The van der Waals surface area contributed by atoms with Gasteiger partial charge in [0, 0.05) is 6.54 Å². The number of amides is 1. The Morgan fingerprint density at radius 3 is 3.12 bits per heavy atom. The molecular formula is C10H15BrN4O2. The highest BCUT2D eigenvalue weighted by atomic mass is 79.9. The maximum absolute atomic E-state index is 11.6. The van der Waals surface area contributed by atoms with Crippen LogP contribution in [-0.4, -0.2) is 35.2 Å².